The number of rotatable bonds is 2. The summed E-state index contributed by atoms with van der Waals surface area (Å²) in [5.74, 6) is 1.71. The Hall–Kier alpha value is -1.68. The maximum atomic E-state index is 9.34. The van der Waals surface area contributed by atoms with Crippen molar-refractivity contribution in [1.82, 2.24) is 14.5 Å². The Morgan fingerprint density at radius 1 is 1.33 bits per heavy atom. The van der Waals surface area contributed by atoms with Crippen molar-refractivity contribution in [2.45, 2.75) is 20.0 Å². The summed E-state index contributed by atoms with van der Waals surface area (Å²) in [5.41, 5.74) is 0.816. The third-order valence-electron chi connectivity index (χ3n) is 2.33. The molecule has 0 aromatic carbocycles. The monoisotopic (exact) mass is 203 g/mol. The molecule has 1 N–H and O–H groups in total. The second-order valence-corrected chi connectivity index (χ2v) is 3.47. The predicted molar refractivity (Wildman–Crippen MR) is 56.7 cm³/mol. The summed E-state index contributed by atoms with van der Waals surface area (Å²) >= 11 is 0. The van der Waals surface area contributed by atoms with Gasteiger partial charge in [-0.1, -0.05) is 6.07 Å². The molecule has 0 saturated heterocycles. The zero-order chi connectivity index (χ0) is 10.8. The zero-order valence-corrected chi connectivity index (χ0v) is 8.75. The van der Waals surface area contributed by atoms with Gasteiger partial charge in [0.2, 0.25) is 0 Å². The van der Waals surface area contributed by atoms with Gasteiger partial charge in [-0.15, -0.1) is 0 Å². The van der Waals surface area contributed by atoms with Crippen molar-refractivity contribution < 1.29 is 5.11 Å². The van der Waals surface area contributed by atoms with Gasteiger partial charge in [-0.3, -0.25) is 4.57 Å². The van der Waals surface area contributed by atoms with Crippen LogP contribution in [0.4, 0.5) is 0 Å². The summed E-state index contributed by atoms with van der Waals surface area (Å²) in [4.78, 5) is 8.39. The van der Waals surface area contributed by atoms with Gasteiger partial charge in [-0.2, -0.15) is 0 Å². The second kappa shape index (κ2) is 3.82. The molecule has 2 aromatic heterocycles. The van der Waals surface area contributed by atoms with Crippen LogP contribution in [0.5, 0.6) is 0 Å². The van der Waals surface area contributed by atoms with Crippen LogP contribution in [0.2, 0.25) is 0 Å². The Bertz CT molecular complexity index is 445. The first-order valence-corrected chi connectivity index (χ1v) is 4.83. The number of pyridine rings is 1. The van der Waals surface area contributed by atoms with Crippen LogP contribution in [0.25, 0.3) is 5.82 Å². The molecule has 0 amide bonds. The average Bonchev–Trinajstić information content (AvgIpc) is 2.65. The smallest absolute Gasteiger partial charge is 0.137 e. The summed E-state index contributed by atoms with van der Waals surface area (Å²) < 4.78 is 1.89. The zero-order valence-electron chi connectivity index (χ0n) is 8.75. The molecular formula is C11H13N3O. The van der Waals surface area contributed by atoms with Crippen LogP contribution < -0.4 is 0 Å². The molecule has 0 aliphatic rings. The third-order valence-corrected chi connectivity index (χ3v) is 2.33. The normalized spacial score (nSPS) is 12.7. The molecule has 0 saturated carbocycles. The van der Waals surface area contributed by atoms with Crippen molar-refractivity contribution >= 4 is 0 Å². The second-order valence-electron chi connectivity index (χ2n) is 3.47. The summed E-state index contributed by atoms with van der Waals surface area (Å²) in [5, 5.41) is 9.34. The average molecular weight is 203 g/mol. The Kier molecular flexibility index (Phi) is 2.51. The molecule has 0 spiro atoms. The lowest BCUT2D eigenvalue weighted by Gasteiger charge is -2.06. The highest BCUT2D eigenvalue weighted by atomic mass is 16.3. The number of hydrogen-bond donors (Lipinski definition) is 1. The molecule has 78 valence electrons. The highest BCUT2D eigenvalue weighted by Crippen LogP contribution is 2.13. The summed E-state index contributed by atoms with van der Waals surface area (Å²) in [6, 6.07) is 3.74. The molecule has 2 rings (SSSR count). The summed E-state index contributed by atoms with van der Waals surface area (Å²) in [7, 11) is 0. The van der Waals surface area contributed by atoms with Gasteiger partial charge in [0.1, 0.15) is 11.6 Å². The van der Waals surface area contributed by atoms with Gasteiger partial charge in [0.05, 0.1) is 6.10 Å². The van der Waals surface area contributed by atoms with Gasteiger partial charge in [0.25, 0.3) is 0 Å². The Morgan fingerprint density at radius 2 is 2.13 bits per heavy atom. The van der Waals surface area contributed by atoms with Crippen LogP contribution in [0, 0.1) is 6.92 Å². The molecule has 2 aromatic rings. The lowest BCUT2D eigenvalue weighted by Crippen LogP contribution is -2.00. The largest absolute Gasteiger partial charge is 0.389 e. The number of hydrogen-bond acceptors (Lipinski definition) is 3. The van der Waals surface area contributed by atoms with Crippen molar-refractivity contribution in [3.63, 3.8) is 0 Å². The van der Waals surface area contributed by atoms with Crippen LogP contribution in [-0.4, -0.2) is 19.6 Å². The first-order chi connectivity index (χ1) is 7.18. The van der Waals surface area contributed by atoms with Crippen molar-refractivity contribution in [2.75, 3.05) is 0 Å². The minimum atomic E-state index is -0.476. The van der Waals surface area contributed by atoms with E-state index in [4.69, 9.17) is 0 Å². The molecule has 15 heavy (non-hydrogen) atoms. The summed E-state index contributed by atoms with van der Waals surface area (Å²) in [6.45, 7) is 3.64. The molecular weight excluding hydrogens is 190 g/mol. The number of imidazole rings is 1. The first kappa shape index (κ1) is 9.86. The Morgan fingerprint density at radius 3 is 2.60 bits per heavy atom. The molecule has 4 heteroatoms. The lowest BCUT2D eigenvalue weighted by atomic mass is 10.2. The van der Waals surface area contributed by atoms with E-state index in [1.54, 1.807) is 19.3 Å². The summed E-state index contributed by atoms with van der Waals surface area (Å²) in [6.07, 6.45) is 4.80. The number of aromatic nitrogens is 3. The third kappa shape index (κ3) is 1.89. The Balaban J connectivity index is 2.36. The topological polar surface area (TPSA) is 50.9 Å². The van der Waals surface area contributed by atoms with Crippen LogP contribution >= 0.6 is 0 Å². The fourth-order valence-corrected chi connectivity index (χ4v) is 1.41. The first-order valence-electron chi connectivity index (χ1n) is 4.83. The molecule has 1 atom stereocenters. The van der Waals surface area contributed by atoms with Crippen LogP contribution in [-0.2, 0) is 0 Å². The van der Waals surface area contributed by atoms with E-state index in [-0.39, 0.29) is 0 Å². The number of aliphatic hydroxyl groups is 1. The Labute approximate surface area is 88.2 Å². The number of aryl methyl sites for hydroxylation is 1. The predicted octanol–water partition coefficient (Wildman–Crippen LogP) is 1.63. The quantitative estimate of drug-likeness (QED) is 0.807. The van der Waals surface area contributed by atoms with Crippen LogP contribution in [0.1, 0.15) is 24.4 Å². The van der Waals surface area contributed by atoms with E-state index in [0.717, 1.165) is 17.2 Å². The molecule has 4 nitrogen and oxygen atoms in total. The molecule has 0 unspecified atom stereocenters. The molecule has 2 heterocycles. The van der Waals surface area contributed by atoms with E-state index in [1.807, 2.05) is 29.8 Å². The van der Waals surface area contributed by atoms with E-state index >= 15 is 0 Å². The van der Waals surface area contributed by atoms with Gasteiger partial charge in [0.15, 0.2) is 0 Å². The fourth-order valence-electron chi connectivity index (χ4n) is 1.41. The van der Waals surface area contributed by atoms with E-state index in [9.17, 15) is 5.11 Å². The number of aliphatic hydroxyl groups excluding tert-OH is 1. The molecule has 0 aliphatic carbocycles. The van der Waals surface area contributed by atoms with Gasteiger partial charge < -0.3 is 5.11 Å². The van der Waals surface area contributed by atoms with Crippen LogP contribution in [0.15, 0.2) is 30.7 Å². The lowest BCUT2D eigenvalue weighted by molar-refractivity contribution is 0.199. The van der Waals surface area contributed by atoms with Crippen molar-refractivity contribution in [3.8, 4) is 5.82 Å². The van der Waals surface area contributed by atoms with E-state index in [1.165, 1.54) is 0 Å². The highest BCUT2D eigenvalue weighted by molar-refractivity contribution is 5.27. The van der Waals surface area contributed by atoms with Crippen molar-refractivity contribution in [1.29, 1.82) is 0 Å². The van der Waals surface area contributed by atoms with Gasteiger partial charge >= 0.3 is 0 Å². The maximum absolute atomic E-state index is 9.34. The van der Waals surface area contributed by atoms with Gasteiger partial charge in [-0.25, -0.2) is 9.97 Å². The highest BCUT2D eigenvalue weighted by Gasteiger charge is 2.04. The SMILES string of the molecule is Cc1nccn1-c1ccc([C@H](C)O)cn1. The minimum absolute atomic E-state index is 0.476. The molecule has 0 radical (unpaired) electrons. The van der Waals surface area contributed by atoms with Crippen molar-refractivity contribution in [3.05, 3.63) is 42.1 Å². The van der Waals surface area contributed by atoms with Crippen LogP contribution in [0.3, 0.4) is 0 Å². The molecule has 0 bridgehead atoms. The number of nitrogens with zero attached hydrogens (tertiary/aromatic N) is 3. The fraction of sp³-hybridized carbons (Fsp3) is 0.273. The van der Waals surface area contributed by atoms with Crippen molar-refractivity contribution in [2.24, 2.45) is 0 Å². The minimum Gasteiger partial charge on any atom is -0.389 e. The van der Waals surface area contributed by atoms with E-state index < -0.39 is 6.10 Å². The molecule has 0 aliphatic heterocycles. The van der Waals surface area contributed by atoms with Gasteiger partial charge in [0, 0.05) is 18.6 Å². The maximum Gasteiger partial charge on any atom is 0.137 e. The standard InChI is InChI=1S/C11H13N3O/c1-8(15)10-3-4-11(13-7-10)14-6-5-12-9(14)2/h3-8,15H,1-2H3/t8-/m0/s1. The van der Waals surface area contributed by atoms with E-state index in [0.29, 0.717) is 0 Å². The molecule has 0 fully saturated rings. The van der Waals surface area contributed by atoms with E-state index in [2.05, 4.69) is 9.97 Å². The van der Waals surface area contributed by atoms with Gasteiger partial charge in [-0.05, 0) is 25.5 Å².